The van der Waals surface area contributed by atoms with Crippen molar-refractivity contribution in [1.82, 2.24) is 9.55 Å². The first kappa shape index (κ1) is 20.7. The van der Waals surface area contributed by atoms with Crippen molar-refractivity contribution >= 4 is 46.4 Å². The highest BCUT2D eigenvalue weighted by atomic mass is 35.5. The molecule has 0 aliphatic heterocycles. The molecule has 0 saturated carbocycles. The second kappa shape index (κ2) is 8.57. The van der Waals surface area contributed by atoms with E-state index in [-0.39, 0.29) is 18.0 Å². The Kier molecular flexibility index (Phi) is 6.35. The fraction of sp³-hybridized carbons (Fsp3) is 0.167. The summed E-state index contributed by atoms with van der Waals surface area (Å²) in [7, 11) is 0. The molecule has 0 amide bonds. The second-order valence-electron chi connectivity index (χ2n) is 6.05. The minimum absolute atomic E-state index is 0.00792. The smallest absolute Gasteiger partial charge is 0.295 e. The van der Waals surface area contributed by atoms with Crippen LogP contribution in [0.3, 0.4) is 0 Å². The molecule has 0 aliphatic carbocycles. The van der Waals surface area contributed by atoms with Crippen molar-refractivity contribution in [2.75, 3.05) is 0 Å². The first-order valence-electron chi connectivity index (χ1n) is 7.98. The molecular formula is C18H13Cl4N3O3. The number of benzene rings is 2. The molecule has 0 fully saturated rings. The van der Waals surface area contributed by atoms with Crippen molar-refractivity contribution in [2.45, 2.75) is 18.6 Å². The van der Waals surface area contributed by atoms with Gasteiger partial charge in [0.25, 0.3) is 5.09 Å². The fourth-order valence-corrected chi connectivity index (χ4v) is 4.12. The van der Waals surface area contributed by atoms with Gasteiger partial charge in [-0.25, -0.2) is 4.98 Å². The van der Waals surface area contributed by atoms with Gasteiger partial charge in [0.2, 0.25) is 0 Å². The van der Waals surface area contributed by atoms with Crippen molar-refractivity contribution in [3.05, 3.63) is 96.5 Å². The molecule has 0 radical (unpaired) electrons. The normalized spacial score (nSPS) is 13.1. The highest BCUT2D eigenvalue weighted by Gasteiger charge is 2.40. The van der Waals surface area contributed by atoms with Crippen molar-refractivity contribution < 1.29 is 9.92 Å². The van der Waals surface area contributed by atoms with E-state index in [9.17, 15) is 10.1 Å². The van der Waals surface area contributed by atoms with Gasteiger partial charge in [0, 0.05) is 44.5 Å². The number of rotatable bonds is 7. The van der Waals surface area contributed by atoms with Crippen LogP contribution < -0.4 is 0 Å². The SMILES string of the molecule is O=[N+]([O-])OC(Cc1c(Cl)cccc1Cl)(Cn1ccnc1)c1ccc(Cl)cc1Cl. The molecular weight excluding hydrogens is 448 g/mol. The molecule has 28 heavy (non-hydrogen) atoms. The van der Waals surface area contributed by atoms with Crippen LogP contribution in [0.5, 0.6) is 0 Å². The molecule has 6 nitrogen and oxygen atoms in total. The minimum atomic E-state index is -1.53. The Balaban J connectivity index is 2.21. The summed E-state index contributed by atoms with van der Waals surface area (Å²) in [5, 5.41) is 12.0. The van der Waals surface area contributed by atoms with Gasteiger partial charge < -0.3 is 9.40 Å². The first-order chi connectivity index (χ1) is 13.3. The van der Waals surface area contributed by atoms with Crippen LogP contribution in [0.2, 0.25) is 20.1 Å². The molecule has 1 heterocycles. The van der Waals surface area contributed by atoms with E-state index in [0.717, 1.165) is 0 Å². The zero-order chi connectivity index (χ0) is 20.3. The Morgan fingerprint density at radius 1 is 1.11 bits per heavy atom. The molecule has 3 aromatic rings. The van der Waals surface area contributed by atoms with Crippen LogP contribution in [0, 0.1) is 10.1 Å². The van der Waals surface area contributed by atoms with Crippen LogP contribution in [0.4, 0.5) is 0 Å². The van der Waals surface area contributed by atoms with E-state index in [0.29, 0.717) is 26.2 Å². The summed E-state index contributed by atoms with van der Waals surface area (Å²) in [5.74, 6) is 0. The van der Waals surface area contributed by atoms with Gasteiger partial charge >= 0.3 is 0 Å². The lowest BCUT2D eigenvalue weighted by molar-refractivity contribution is -0.785. The van der Waals surface area contributed by atoms with Gasteiger partial charge in [0.15, 0.2) is 5.60 Å². The Bertz CT molecular complexity index is 977. The van der Waals surface area contributed by atoms with Crippen LogP contribution in [-0.2, 0) is 23.4 Å². The van der Waals surface area contributed by atoms with Crippen LogP contribution in [0.25, 0.3) is 0 Å². The molecule has 2 aromatic carbocycles. The molecule has 3 rings (SSSR count). The number of imidazole rings is 1. The van der Waals surface area contributed by atoms with Gasteiger partial charge in [-0.05, 0) is 29.8 Å². The zero-order valence-electron chi connectivity index (χ0n) is 14.2. The highest BCUT2D eigenvalue weighted by molar-refractivity contribution is 6.36. The quantitative estimate of drug-likeness (QED) is 0.327. The molecule has 146 valence electrons. The molecule has 10 heteroatoms. The monoisotopic (exact) mass is 459 g/mol. The highest BCUT2D eigenvalue weighted by Crippen LogP contribution is 2.40. The predicted molar refractivity (Wildman–Crippen MR) is 109 cm³/mol. The van der Waals surface area contributed by atoms with E-state index >= 15 is 0 Å². The van der Waals surface area contributed by atoms with E-state index in [1.54, 1.807) is 47.3 Å². The third-order valence-corrected chi connectivity index (χ3v) is 5.45. The Hall–Kier alpha value is -1.99. The standard InChI is InChI=1S/C18H13Cl4N3O3/c19-12-4-5-14(17(22)8-12)18(28-25(26)27,10-24-7-6-23-11-24)9-13-15(20)2-1-3-16(13)21/h1-8,11H,9-10H2. The number of halogens is 4. The molecule has 1 aromatic heterocycles. The van der Waals surface area contributed by atoms with Crippen LogP contribution >= 0.6 is 46.4 Å². The predicted octanol–water partition coefficient (Wildman–Crippen LogP) is 5.84. The van der Waals surface area contributed by atoms with Crippen LogP contribution in [-0.4, -0.2) is 14.6 Å². The molecule has 0 bridgehead atoms. The molecule has 1 atom stereocenters. The maximum absolute atomic E-state index is 11.5. The topological polar surface area (TPSA) is 70.2 Å². The average molecular weight is 461 g/mol. The molecule has 0 spiro atoms. The summed E-state index contributed by atoms with van der Waals surface area (Å²) < 4.78 is 1.65. The number of aromatic nitrogens is 2. The van der Waals surface area contributed by atoms with E-state index in [1.165, 1.54) is 12.4 Å². The van der Waals surface area contributed by atoms with Crippen molar-refractivity contribution in [3.63, 3.8) is 0 Å². The lowest BCUT2D eigenvalue weighted by Gasteiger charge is -2.33. The van der Waals surface area contributed by atoms with Crippen LogP contribution in [0.15, 0.2) is 55.1 Å². The number of nitrogens with zero attached hydrogens (tertiary/aromatic N) is 3. The largest absolute Gasteiger partial charge is 0.335 e. The number of hydrogen-bond donors (Lipinski definition) is 0. The van der Waals surface area contributed by atoms with E-state index in [2.05, 4.69) is 4.98 Å². The van der Waals surface area contributed by atoms with Crippen molar-refractivity contribution in [2.24, 2.45) is 0 Å². The molecule has 1 unspecified atom stereocenters. The fourth-order valence-electron chi connectivity index (χ4n) is 3.01. The summed E-state index contributed by atoms with van der Waals surface area (Å²) in [5.41, 5.74) is -0.653. The van der Waals surface area contributed by atoms with Gasteiger partial charge in [-0.1, -0.05) is 58.5 Å². The van der Waals surface area contributed by atoms with E-state index < -0.39 is 10.7 Å². The van der Waals surface area contributed by atoms with Crippen molar-refractivity contribution in [3.8, 4) is 0 Å². The maximum atomic E-state index is 11.5. The summed E-state index contributed by atoms with van der Waals surface area (Å²) in [6.07, 6.45) is 4.74. The van der Waals surface area contributed by atoms with Gasteiger partial charge in [0.1, 0.15) is 0 Å². The molecule has 0 saturated heterocycles. The lowest BCUT2D eigenvalue weighted by atomic mass is 9.86. The van der Waals surface area contributed by atoms with Gasteiger partial charge in [-0.15, -0.1) is 10.1 Å². The van der Waals surface area contributed by atoms with Gasteiger partial charge in [0.05, 0.1) is 12.9 Å². The van der Waals surface area contributed by atoms with Gasteiger partial charge in [-0.3, -0.25) is 0 Å². The molecule has 0 aliphatic rings. The first-order valence-corrected chi connectivity index (χ1v) is 9.49. The summed E-state index contributed by atoms with van der Waals surface area (Å²) in [4.78, 5) is 20.7. The van der Waals surface area contributed by atoms with E-state index in [4.69, 9.17) is 51.2 Å². The Labute approximate surface area is 180 Å². The zero-order valence-corrected chi connectivity index (χ0v) is 17.2. The third kappa shape index (κ3) is 4.52. The summed E-state index contributed by atoms with van der Waals surface area (Å²) >= 11 is 25.1. The van der Waals surface area contributed by atoms with Gasteiger partial charge in [-0.2, -0.15) is 0 Å². The van der Waals surface area contributed by atoms with Crippen LogP contribution in [0.1, 0.15) is 11.1 Å². The third-order valence-electron chi connectivity index (χ3n) is 4.19. The van der Waals surface area contributed by atoms with Crippen molar-refractivity contribution in [1.29, 1.82) is 0 Å². The summed E-state index contributed by atoms with van der Waals surface area (Å²) in [6.45, 7) is 0.0386. The average Bonchev–Trinajstić information content (AvgIpc) is 3.10. The minimum Gasteiger partial charge on any atom is -0.335 e. The molecule has 0 N–H and O–H groups in total. The summed E-state index contributed by atoms with van der Waals surface area (Å²) in [6, 6.07) is 9.67. The number of hydrogen-bond acceptors (Lipinski definition) is 4. The Morgan fingerprint density at radius 2 is 1.82 bits per heavy atom. The maximum Gasteiger partial charge on any atom is 0.295 e. The van der Waals surface area contributed by atoms with E-state index in [1.807, 2.05) is 0 Å². The Morgan fingerprint density at radius 3 is 2.39 bits per heavy atom. The lowest BCUT2D eigenvalue weighted by Crippen LogP contribution is -2.39. The second-order valence-corrected chi connectivity index (χ2v) is 7.70.